The van der Waals surface area contributed by atoms with Crippen LogP contribution in [0.4, 0.5) is 16.0 Å². The number of nitrogens with one attached hydrogen (secondary N) is 1. The molecule has 3 rings (SSSR count). The van der Waals surface area contributed by atoms with Gasteiger partial charge in [-0.2, -0.15) is 0 Å². The summed E-state index contributed by atoms with van der Waals surface area (Å²) < 4.78 is 12.2. The third-order valence-electron chi connectivity index (χ3n) is 4.39. The zero-order valence-electron chi connectivity index (χ0n) is 14.9. The molecule has 0 saturated carbocycles. The van der Waals surface area contributed by atoms with Crippen molar-refractivity contribution in [2.75, 3.05) is 42.7 Å². The topological polar surface area (TPSA) is 74.2 Å². The lowest BCUT2D eigenvalue weighted by atomic mass is 10.2. The Morgan fingerprint density at radius 3 is 2.73 bits per heavy atom. The van der Waals surface area contributed by atoms with Gasteiger partial charge in [-0.25, -0.2) is 15.0 Å². The lowest BCUT2D eigenvalue weighted by Crippen LogP contribution is -2.47. The summed E-state index contributed by atoms with van der Waals surface area (Å²) in [7, 11) is 0. The Morgan fingerprint density at radius 1 is 1.23 bits per heavy atom. The third-order valence-corrected chi connectivity index (χ3v) is 4.39. The SMILES string of the molecule is Cc1cncnc1N1CCN(c2cc(CNC(=O)CCF)ccn2)CC1. The highest BCUT2D eigenvalue weighted by Gasteiger charge is 2.20. The van der Waals surface area contributed by atoms with Crippen LogP contribution in [-0.4, -0.2) is 53.7 Å². The number of carbonyl (C=O) groups excluding carboxylic acids is 1. The standard InChI is InChI=1S/C18H23FN6O/c1-14-11-20-13-23-18(14)25-8-6-24(7-9-25)16-10-15(3-5-21-16)12-22-17(26)2-4-19/h3,5,10-11,13H,2,4,6-9,12H2,1H3,(H,22,26). The average molecular weight is 358 g/mol. The molecule has 0 radical (unpaired) electrons. The van der Waals surface area contributed by atoms with E-state index in [2.05, 4.69) is 30.1 Å². The molecule has 26 heavy (non-hydrogen) atoms. The number of nitrogens with zero attached hydrogens (tertiary/aromatic N) is 5. The van der Waals surface area contributed by atoms with Gasteiger partial charge in [0, 0.05) is 50.7 Å². The van der Waals surface area contributed by atoms with Crippen molar-refractivity contribution in [3.05, 3.63) is 42.0 Å². The summed E-state index contributed by atoms with van der Waals surface area (Å²) in [6, 6.07) is 3.83. The molecule has 8 heteroatoms. The second kappa shape index (κ2) is 8.55. The van der Waals surface area contributed by atoms with Gasteiger partial charge in [0.1, 0.15) is 18.0 Å². The van der Waals surface area contributed by atoms with Crippen molar-refractivity contribution < 1.29 is 9.18 Å². The van der Waals surface area contributed by atoms with E-state index in [1.807, 2.05) is 25.3 Å². The van der Waals surface area contributed by atoms with Gasteiger partial charge in [0.15, 0.2) is 0 Å². The van der Waals surface area contributed by atoms with Crippen LogP contribution < -0.4 is 15.1 Å². The molecule has 0 aliphatic carbocycles. The molecule has 138 valence electrons. The number of rotatable bonds is 6. The van der Waals surface area contributed by atoms with Crippen LogP contribution in [-0.2, 0) is 11.3 Å². The quantitative estimate of drug-likeness (QED) is 0.843. The Labute approximate surface area is 152 Å². The van der Waals surface area contributed by atoms with E-state index in [4.69, 9.17) is 0 Å². The Kier molecular flexibility index (Phi) is 5.93. The molecule has 1 saturated heterocycles. The number of alkyl halides is 1. The number of aryl methyl sites for hydroxylation is 1. The number of aromatic nitrogens is 3. The summed E-state index contributed by atoms with van der Waals surface area (Å²) in [4.78, 5) is 28.8. The van der Waals surface area contributed by atoms with Gasteiger partial charge in [-0.15, -0.1) is 0 Å². The van der Waals surface area contributed by atoms with E-state index >= 15 is 0 Å². The number of hydrogen-bond acceptors (Lipinski definition) is 6. The van der Waals surface area contributed by atoms with Gasteiger partial charge < -0.3 is 15.1 Å². The highest BCUT2D eigenvalue weighted by Crippen LogP contribution is 2.20. The van der Waals surface area contributed by atoms with E-state index in [1.54, 1.807) is 12.5 Å². The molecule has 1 amide bonds. The molecule has 1 fully saturated rings. The van der Waals surface area contributed by atoms with Gasteiger partial charge in [-0.1, -0.05) is 0 Å². The number of carbonyl (C=O) groups is 1. The fourth-order valence-electron chi connectivity index (χ4n) is 2.99. The second-order valence-electron chi connectivity index (χ2n) is 6.24. The maximum absolute atomic E-state index is 12.2. The largest absolute Gasteiger partial charge is 0.353 e. The van der Waals surface area contributed by atoms with Crippen molar-refractivity contribution >= 4 is 17.5 Å². The predicted octanol–water partition coefficient (Wildman–Crippen LogP) is 1.48. The summed E-state index contributed by atoms with van der Waals surface area (Å²) in [5.74, 6) is 1.60. The van der Waals surface area contributed by atoms with Crippen molar-refractivity contribution in [1.29, 1.82) is 0 Å². The predicted molar refractivity (Wildman–Crippen MR) is 97.9 cm³/mol. The van der Waals surface area contributed by atoms with Crippen LogP contribution in [0.3, 0.4) is 0 Å². The second-order valence-corrected chi connectivity index (χ2v) is 6.24. The fraction of sp³-hybridized carbons (Fsp3) is 0.444. The lowest BCUT2D eigenvalue weighted by Gasteiger charge is -2.36. The van der Waals surface area contributed by atoms with Crippen LogP contribution in [0.2, 0.25) is 0 Å². The van der Waals surface area contributed by atoms with Gasteiger partial charge in [0.2, 0.25) is 5.91 Å². The van der Waals surface area contributed by atoms with Crippen molar-refractivity contribution in [1.82, 2.24) is 20.3 Å². The smallest absolute Gasteiger partial charge is 0.222 e. The van der Waals surface area contributed by atoms with E-state index in [0.29, 0.717) is 6.54 Å². The minimum atomic E-state index is -0.635. The lowest BCUT2D eigenvalue weighted by molar-refractivity contribution is -0.121. The summed E-state index contributed by atoms with van der Waals surface area (Å²) in [5.41, 5.74) is 2.03. The Bertz CT molecular complexity index is 748. The zero-order chi connectivity index (χ0) is 18.4. The van der Waals surface area contributed by atoms with E-state index < -0.39 is 6.67 Å². The summed E-state index contributed by atoms with van der Waals surface area (Å²) in [6.07, 6.45) is 5.06. The molecular formula is C18H23FN6O. The molecule has 0 unspecified atom stereocenters. The van der Waals surface area contributed by atoms with E-state index in [-0.39, 0.29) is 12.3 Å². The number of hydrogen-bond donors (Lipinski definition) is 1. The number of anilines is 2. The van der Waals surface area contributed by atoms with Crippen LogP contribution in [0, 0.1) is 6.92 Å². The van der Waals surface area contributed by atoms with Gasteiger partial charge in [-0.05, 0) is 24.6 Å². The molecule has 0 spiro atoms. The number of halogens is 1. The number of amides is 1. The Balaban J connectivity index is 1.58. The number of piperazine rings is 1. The minimum absolute atomic E-state index is 0.0949. The third kappa shape index (κ3) is 4.44. The van der Waals surface area contributed by atoms with Crippen LogP contribution >= 0.6 is 0 Å². The van der Waals surface area contributed by atoms with E-state index in [0.717, 1.165) is 48.9 Å². The average Bonchev–Trinajstić information content (AvgIpc) is 2.67. The fourth-order valence-corrected chi connectivity index (χ4v) is 2.99. The monoisotopic (exact) mass is 358 g/mol. The van der Waals surface area contributed by atoms with Crippen LogP contribution in [0.1, 0.15) is 17.5 Å². The summed E-state index contributed by atoms with van der Waals surface area (Å²) in [5, 5.41) is 2.72. The molecule has 0 bridgehead atoms. The van der Waals surface area contributed by atoms with Crippen molar-refractivity contribution in [3.8, 4) is 0 Å². The first-order valence-electron chi connectivity index (χ1n) is 8.71. The Hall–Kier alpha value is -2.77. The first kappa shape index (κ1) is 18.0. The molecule has 1 aliphatic heterocycles. The van der Waals surface area contributed by atoms with Crippen LogP contribution in [0.5, 0.6) is 0 Å². The van der Waals surface area contributed by atoms with E-state index in [1.165, 1.54) is 0 Å². The van der Waals surface area contributed by atoms with Gasteiger partial charge >= 0.3 is 0 Å². The van der Waals surface area contributed by atoms with E-state index in [9.17, 15) is 9.18 Å². The van der Waals surface area contributed by atoms with Gasteiger partial charge in [-0.3, -0.25) is 9.18 Å². The zero-order valence-corrected chi connectivity index (χ0v) is 14.9. The highest BCUT2D eigenvalue weighted by atomic mass is 19.1. The molecule has 2 aromatic heterocycles. The first-order chi connectivity index (χ1) is 12.7. The molecule has 1 aliphatic rings. The molecule has 0 aromatic carbocycles. The van der Waals surface area contributed by atoms with Crippen molar-refractivity contribution in [2.24, 2.45) is 0 Å². The molecule has 7 nitrogen and oxygen atoms in total. The van der Waals surface area contributed by atoms with Crippen LogP contribution in [0.15, 0.2) is 30.9 Å². The van der Waals surface area contributed by atoms with Gasteiger partial charge in [0.25, 0.3) is 0 Å². The molecule has 0 atom stereocenters. The molecular weight excluding hydrogens is 335 g/mol. The molecule has 3 heterocycles. The molecule has 1 N–H and O–H groups in total. The minimum Gasteiger partial charge on any atom is -0.353 e. The Morgan fingerprint density at radius 2 is 2.00 bits per heavy atom. The highest BCUT2D eigenvalue weighted by molar-refractivity contribution is 5.75. The molecule has 2 aromatic rings. The van der Waals surface area contributed by atoms with Crippen LogP contribution in [0.25, 0.3) is 0 Å². The maximum atomic E-state index is 12.2. The summed E-state index contributed by atoms with van der Waals surface area (Å²) in [6.45, 7) is 5.16. The van der Waals surface area contributed by atoms with Gasteiger partial charge in [0.05, 0.1) is 13.1 Å². The summed E-state index contributed by atoms with van der Waals surface area (Å²) >= 11 is 0. The normalized spacial score (nSPS) is 14.4. The first-order valence-corrected chi connectivity index (χ1v) is 8.71. The number of pyridine rings is 1. The maximum Gasteiger partial charge on any atom is 0.222 e. The van der Waals surface area contributed by atoms with Crippen molar-refractivity contribution in [3.63, 3.8) is 0 Å². The van der Waals surface area contributed by atoms with Crippen molar-refractivity contribution in [2.45, 2.75) is 19.9 Å².